The van der Waals surface area contributed by atoms with Crippen LogP contribution in [-0.2, 0) is 27.5 Å². The highest BCUT2D eigenvalue weighted by Crippen LogP contribution is 2.39. The summed E-state index contributed by atoms with van der Waals surface area (Å²) < 4.78 is 36.4. The van der Waals surface area contributed by atoms with E-state index in [0.29, 0.717) is 5.28 Å². The van der Waals surface area contributed by atoms with E-state index in [2.05, 4.69) is 6.92 Å². The summed E-state index contributed by atoms with van der Waals surface area (Å²) in [7, 11) is 6.75. The van der Waals surface area contributed by atoms with Gasteiger partial charge in [-0.15, -0.1) is 0 Å². The summed E-state index contributed by atoms with van der Waals surface area (Å²) in [6.07, 6.45) is -1.06. The molecule has 11 nitrogen and oxygen atoms in total. The van der Waals surface area contributed by atoms with Gasteiger partial charge in [0.25, 0.3) is 0 Å². The number of esters is 3. The molecule has 0 N–H and O–H groups in total. The molecule has 5 rings (SSSR count). The minimum atomic E-state index is -2.36. The molecule has 2 heterocycles. The number of allylic oxidation sites excluding steroid dienone is 1. The topological polar surface area (TPSA) is 127 Å². The summed E-state index contributed by atoms with van der Waals surface area (Å²) in [5.74, 6) is -1.95. The molecule has 3 aromatic carbocycles. The molecule has 2 aliphatic rings. The zero-order valence-corrected chi connectivity index (χ0v) is 31.3. The molecule has 0 aromatic heterocycles. The third-order valence-corrected chi connectivity index (χ3v) is 11.2. The maximum absolute atomic E-state index is 13.9. The van der Waals surface area contributed by atoms with Gasteiger partial charge in [-0.05, 0) is 66.5 Å². The molecule has 3 aromatic rings. The Balaban J connectivity index is 1.58. The van der Waals surface area contributed by atoms with Crippen LogP contribution in [0.1, 0.15) is 77.5 Å². The molecule has 2 saturated heterocycles. The van der Waals surface area contributed by atoms with Gasteiger partial charge < -0.3 is 27.5 Å². The number of hydrogen-bond acceptors (Lipinski definition) is 10. The van der Waals surface area contributed by atoms with Crippen LogP contribution >= 0.6 is 10.0 Å². The van der Waals surface area contributed by atoms with E-state index in [0.717, 1.165) is 25.7 Å². The molecular weight excluding hydrogens is 705 g/mol. The fourth-order valence-corrected chi connectivity index (χ4v) is 8.06. The lowest BCUT2D eigenvalue weighted by Crippen LogP contribution is -2.63. The Bertz CT molecular complexity index is 1680. The van der Waals surface area contributed by atoms with Gasteiger partial charge >= 0.3 is 37.6 Å². The predicted octanol–water partition coefficient (Wildman–Crippen LogP) is 7.66. The van der Waals surface area contributed by atoms with Crippen LogP contribution in [-0.4, -0.2) is 79.7 Å². The Morgan fingerprint density at radius 3 is 1.87 bits per heavy atom. The lowest BCUT2D eigenvalue weighted by Gasteiger charge is -2.43. The summed E-state index contributed by atoms with van der Waals surface area (Å²) in [5.41, 5.74) is 0.730. The van der Waals surface area contributed by atoms with Crippen molar-refractivity contribution in [3.8, 4) is 0 Å². The van der Waals surface area contributed by atoms with E-state index in [1.165, 1.54) is 4.90 Å². The number of halogens is 1. The fraction of sp³-hybridized carbons (Fsp3) is 0.385. The van der Waals surface area contributed by atoms with Crippen LogP contribution in [0.3, 0.4) is 0 Å². The first-order valence-electron chi connectivity index (χ1n) is 17.7. The molecule has 0 saturated carbocycles. The average Bonchev–Trinajstić information content (AvgIpc) is 3.50. The molecule has 6 atom stereocenters. The molecule has 274 valence electrons. The summed E-state index contributed by atoms with van der Waals surface area (Å²) in [6.45, 7) is 5.67. The summed E-state index contributed by atoms with van der Waals surface area (Å²) in [6, 6.07) is 23.7. The quantitative estimate of drug-likeness (QED) is 0.0624. The van der Waals surface area contributed by atoms with E-state index in [1.54, 1.807) is 91.0 Å². The number of rotatable bonds is 16. The van der Waals surface area contributed by atoms with Crippen LogP contribution in [0, 0.1) is 5.92 Å². The standard InChI is InChI=1S/C36H37NO10.C3H7.Al.ClH/c1-3-14-23(4-2)21-28(38)37-29-31(46-34(41)26-19-12-7-13-20-26)30(45-33(40)25-17-10-6-11-18-25)27(44-35(29)47-36(37)42)22-43-32(39)24-15-8-5-9-16-24;1-3-2;;/h5-13,15-21,23,27,29-31,35,38H,3-4,14,22H2,1-2H3;1,3H2,2H3;;1H/q;;+2;/p-2/b28-21-;;;/t23?,27-,29-,30-,31-,35-;;;/m1.../s1. The second-order valence-corrected chi connectivity index (χ2v) is 15.6. The van der Waals surface area contributed by atoms with Gasteiger partial charge in [0, 0.05) is 0 Å². The predicted molar refractivity (Wildman–Crippen MR) is 193 cm³/mol. The smallest absolute Gasteiger partial charge is 0.619 e. The van der Waals surface area contributed by atoms with Crippen molar-refractivity contribution >= 4 is 47.6 Å². The second kappa shape index (κ2) is 18.9. The van der Waals surface area contributed by atoms with Gasteiger partial charge in [-0.1, -0.05) is 88.2 Å². The number of amides is 1. The van der Waals surface area contributed by atoms with Gasteiger partial charge in [0.05, 0.1) is 16.7 Å². The highest BCUT2D eigenvalue weighted by Gasteiger charge is 2.60. The van der Waals surface area contributed by atoms with Crippen molar-refractivity contribution in [2.45, 2.75) is 82.4 Å². The van der Waals surface area contributed by atoms with Crippen LogP contribution in [0.5, 0.6) is 0 Å². The number of carbonyl (C=O) groups is 4. The normalized spacial score (nSPS) is 21.7. The van der Waals surface area contributed by atoms with Crippen LogP contribution in [0.4, 0.5) is 4.79 Å². The van der Waals surface area contributed by atoms with Crippen LogP contribution in [0.2, 0.25) is 5.28 Å². The lowest BCUT2D eigenvalue weighted by atomic mass is 9.95. The zero-order valence-electron chi connectivity index (χ0n) is 29.4. The van der Waals surface area contributed by atoms with E-state index in [4.69, 9.17) is 37.5 Å². The molecule has 52 heavy (non-hydrogen) atoms. The number of fused-ring (bicyclic) bond motifs is 1. The Hall–Kier alpha value is -4.34. The van der Waals surface area contributed by atoms with Crippen molar-refractivity contribution in [2.75, 3.05) is 6.61 Å². The van der Waals surface area contributed by atoms with Crippen LogP contribution < -0.4 is 0 Å². The molecule has 2 fully saturated rings. The minimum absolute atomic E-state index is 0.0259. The molecule has 0 aliphatic carbocycles. The summed E-state index contributed by atoms with van der Waals surface area (Å²) in [4.78, 5) is 55.7. The third-order valence-electron chi connectivity index (χ3n) is 8.78. The van der Waals surface area contributed by atoms with Crippen molar-refractivity contribution in [1.82, 2.24) is 4.90 Å². The van der Waals surface area contributed by atoms with Gasteiger partial charge in [-0.3, -0.25) is 0 Å². The lowest BCUT2D eigenvalue weighted by molar-refractivity contribution is -0.240. The Morgan fingerprint density at radius 1 is 0.808 bits per heavy atom. The summed E-state index contributed by atoms with van der Waals surface area (Å²) >= 11 is -2.36. The van der Waals surface area contributed by atoms with Crippen molar-refractivity contribution < 1.29 is 46.7 Å². The molecule has 2 aliphatic heterocycles. The maximum Gasteiger partial charge on any atom is 0.680 e. The Morgan fingerprint density at radius 2 is 1.35 bits per heavy atom. The molecule has 0 spiro atoms. The van der Waals surface area contributed by atoms with Crippen molar-refractivity contribution in [1.29, 1.82) is 0 Å². The van der Waals surface area contributed by atoms with E-state index in [1.807, 2.05) is 19.9 Å². The third kappa shape index (κ3) is 9.75. The van der Waals surface area contributed by atoms with E-state index in [9.17, 15) is 19.2 Å². The SMILES string of the molecule is CCCC(/C=C(\[O][Al]([Cl])[CH2]CC)N1C(=O)O[C@H]2O[C@H](COC(=O)c3ccccc3)[C@@H](OC(=O)c3ccccc3)[C@H](OC(=O)c3ccccc3)[C@H]21)CC. The number of carbonyl (C=O) groups excluding carboxylic acids is 4. The van der Waals surface area contributed by atoms with Crippen molar-refractivity contribution in [2.24, 2.45) is 5.92 Å². The fourth-order valence-electron chi connectivity index (χ4n) is 6.10. The van der Waals surface area contributed by atoms with Gasteiger partial charge in [-0.25, -0.2) is 34.1 Å². The molecule has 1 amide bonds. The monoisotopic (exact) mass is 747 g/mol. The first-order chi connectivity index (χ1) is 25.2. The van der Waals surface area contributed by atoms with Gasteiger partial charge in [0.1, 0.15) is 18.8 Å². The Kier molecular flexibility index (Phi) is 14.2. The Labute approximate surface area is 312 Å². The highest BCUT2D eigenvalue weighted by molar-refractivity contribution is 7.03. The number of benzene rings is 3. The van der Waals surface area contributed by atoms with E-state index in [-0.39, 0.29) is 28.5 Å². The second-order valence-electron chi connectivity index (χ2n) is 12.5. The summed E-state index contributed by atoms with van der Waals surface area (Å²) in [5, 5.41) is 0.621. The van der Waals surface area contributed by atoms with Crippen LogP contribution in [0.25, 0.3) is 0 Å². The molecule has 13 heteroatoms. The molecule has 0 radical (unpaired) electrons. The zero-order chi connectivity index (χ0) is 37.0. The van der Waals surface area contributed by atoms with E-state index < -0.39 is 74.8 Å². The van der Waals surface area contributed by atoms with Crippen LogP contribution in [0.15, 0.2) is 103 Å². The van der Waals surface area contributed by atoms with E-state index >= 15 is 0 Å². The van der Waals surface area contributed by atoms with Gasteiger partial charge in [0.2, 0.25) is 6.29 Å². The minimum Gasteiger partial charge on any atom is -0.619 e. The molecule has 0 bridgehead atoms. The number of ether oxygens (including phenoxy) is 5. The molecule has 1 unspecified atom stereocenters. The highest BCUT2D eigenvalue weighted by atomic mass is 35.6. The van der Waals surface area contributed by atoms with Gasteiger partial charge in [0.15, 0.2) is 18.1 Å². The molecular formula is C39H43AlClNO10. The first kappa shape index (κ1) is 38.9. The number of hydrogen-bond donors (Lipinski definition) is 0. The first-order valence-corrected chi connectivity index (χ1v) is 20.7. The van der Waals surface area contributed by atoms with Crippen molar-refractivity contribution in [3.05, 3.63) is 120 Å². The van der Waals surface area contributed by atoms with Gasteiger partial charge in [-0.2, -0.15) is 0 Å². The van der Waals surface area contributed by atoms with Crippen molar-refractivity contribution in [3.63, 3.8) is 0 Å². The maximum atomic E-state index is 13.9. The average molecular weight is 748 g/mol. The largest absolute Gasteiger partial charge is 0.680 e. The number of nitrogens with zero attached hydrogens (tertiary/aromatic N) is 1.